The first-order valence-corrected chi connectivity index (χ1v) is 7.72. The second kappa shape index (κ2) is 6.48. The molecule has 0 bridgehead atoms. The number of nitrogens with one attached hydrogen (secondary N) is 1. The Hall–Kier alpha value is -2.54. The topological polar surface area (TPSA) is 80.9 Å². The summed E-state index contributed by atoms with van der Waals surface area (Å²) in [5, 5.41) is 14.6. The minimum absolute atomic E-state index is 0.131. The molecule has 0 saturated carbocycles. The fourth-order valence-electron chi connectivity index (χ4n) is 1.89. The second-order valence-electron chi connectivity index (χ2n) is 4.78. The highest BCUT2D eigenvalue weighted by Gasteiger charge is 2.11. The number of hydrogen-bond acceptors (Lipinski definition) is 6. The van der Waals surface area contributed by atoms with E-state index in [1.165, 1.54) is 0 Å². The molecule has 3 aromatic rings. The van der Waals surface area contributed by atoms with Crippen molar-refractivity contribution in [2.24, 2.45) is 0 Å². The first kappa shape index (κ1) is 14.4. The van der Waals surface area contributed by atoms with Gasteiger partial charge in [0.25, 0.3) is 0 Å². The molecule has 0 atom stereocenters. The van der Waals surface area contributed by atoms with E-state index in [0.717, 1.165) is 11.1 Å². The largest absolute Gasteiger partial charge is 0.421 e. The van der Waals surface area contributed by atoms with E-state index in [2.05, 4.69) is 20.5 Å². The van der Waals surface area contributed by atoms with E-state index < -0.39 is 0 Å². The van der Waals surface area contributed by atoms with Gasteiger partial charge < -0.3 is 9.73 Å². The van der Waals surface area contributed by atoms with Gasteiger partial charge in [-0.2, -0.15) is 11.3 Å². The first-order valence-electron chi connectivity index (χ1n) is 6.78. The van der Waals surface area contributed by atoms with Gasteiger partial charge in [-0.25, -0.2) is 4.98 Å². The molecule has 112 valence electrons. The number of hydrogen-bond donors (Lipinski definition) is 1. The van der Waals surface area contributed by atoms with Gasteiger partial charge in [-0.1, -0.05) is 0 Å². The van der Waals surface area contributed by atoms with Crippen LogP contribution in [0.1, 0.15) is 17.9 Å². The van der Waals surface area contributed by atoms with Gasteiger partial charge in [-0.3, -0.25) is 4.79 Å². The standard InChI is InChI=1S/C15H14N4O2S/c1-10-4-6-16-12(8-10)17-13(20)2-3-14-18-19-15(21-14)11-5-7-22-9-11/h4-9H,2-3H2,1H3,(H,16,17,20). The van der Waals surface area contributed by atoms with Crippen LogP contribution < -0.4 is 5.32 Å². The van der Waals surface area contributed by atoms with E-state index in [0.29, 0.717) is 24.0 Å². The van der Waals surface area contributed by atoms with Crippen molar-refractivity contribution in [1.29, 1.82) is 0 Å². The lowest BCUT2D eigenvalue weighted by Gasteiger charge is -2.03. The van der Waals surface area contributed by atoms with E-state index in [1.807, 2.05) is 35.9 Å². The summed E-state index contributed by atoms with van der Waals surface area (Å²) in [6.07, 6.45) is 2.33. The van der Waals surface area contributed by atoms with Crippen LogP contribution in [0.25, 0.3) is 11.5 Å². The Morgan fingerprint density at radius 3 is 3.05 bits per heavy atom. The van der Waals surface area contributed by atoms with E-state index in [-0.39, 0.29) is 12.3 Å². The molecule has 7 heteroatoms. The number of carbonyl (C=O) groups is 1. The van der Waals surface area contributed by atoms with Crippen molar-refractivity contribution in [2.75, 3.05) is 5.32 Å². The van der Waals surface area contributed by atoms with Gasteiger partial charge in [0.15, 0.2) is 0 Å². The third kappa shape index (κ3) is 3.56. The third-order valence-electron chi connectivity index (χ3n) is 2.98. The van der Waals surface area contributed by atoms with Gasteiger partial charge in [0, 0.05) is 30.0 Å². The van der Waals surface area contributed by atoms with Crippen molar-refractivity contribution < 1.29 is 9.21 Å². The average Bonchev–Trinajstić information content (AvgIpc) is 3.16. The zero-order valence-corrected chi connectivity index (χ0v) is 12.8. The van der Waals surface area contributed by atoms with Crippen LogP contribution in [0.4, 0.5) is 5.82 Å². The van der Waals surface area contributed by atoms with Gasteiger partial charge in [-0.15, -0.1) is 10.2 Å². The molecule has 3 aromatic heterocycles. The molecule has 0 spiro atoms. The molecule has 0 unspecified atom stereocenters. The molecule has 3 heterocycles. The van der Waals surface area contributed by atoms with Gasteiger partial charge in [0.2, 0.25) is 17.7 Å². The van der Waals surface area contributed by atoms with Crippen LogP contribution in [0.2, 0.25) is 0 Å². The molecule has 6 nitrogen and oxygen atoms in total. The van der Waals surface area contributed by atoms with Crippen molar-refractivity contribution in [1.82, 2.24) is 15.2 Å². The van der Waals surface area contributed by atoms with Crippen LogP contribution in [-0.2, 0) is 11.2 Å². The Kier molecular flexibility index (Phi) is 4.24. The van der Waals surface area contributed by atoms with E-state index in [9.17, 15) is 4.79 Å². The quantitative estimate of drug-likeness (QED) is 0.782. The molecule has 0 radical (unpaired) electrons. The van der Waals surface area contributed by atoms with Gasteiger partial charge >= 0.3 is 0 Å². The Morgan fingerprint density at radius 2 is 2.27 bits per heavy atom. The highest BCUT2D eigenvalue weighted by molar-refractivity contribution is 7.08. The summed E-state index contributed by atoms with van der Waals surface area (Å²) in [7, 11) is 0. The number of aryl methyl sites for hydroxylation is 2. The molecular formula is C15H14N4O2S. The fraction of sp³-hybridized carbons (Fsp3) is 0.200. The van der Waals surface area contributed by atoms with Crippen LogP contribution in [0.15, 0.2) is 39.6 Å². The molecule has 0 aliphatic rings. The summed E-state index contributed by atoms with van der Waals surface area (Å²) < 4.78 is 5.54. The Morgan fingerprint density at radius 1 is 1.36 bits per heavy atom. The monoisotopic (exact) mass is 314 g/mol. The van der Waals surface area contributed by atoms with Crippen LogP contribution >= 0.6 is 11.3 Å². The SMILES string of the molecule is Cc1ccnc(NC(=O)CCc2nnc(-c3ccsc3)o2)c1. The molecule has 1 N–H and O–H groups in total. The molecular weight excluding hydrogens is 300 g/mol. The first-order chi connectivity index (χ1) is 10.7. The third-order valence-corrected chi connectivity index (χ3v) is 3.67. The maximum Gasteiger partial charge on any atom is 0.248 e. The number of anilines is 1. The van der Waals surface area contributed by atoms with E-state index in [1.54, 1.807) is 17.5 Å². The second-order valence-corrected chi connectivity index (χ2v) is 5.56. The predicted molar refractivity (Wildman–Crippen MR) is 83.5 cm³/mol. The predicted octanol–water partition coefficient (Wildman–Crippen LogP) is 3.07. The molecule has 0 saturated heterocycles. The van der Waals surface area contributed by atoms with Crippen molar-refractivity contribution in [3.8, 4) is 11.5 Å². The summed E-state index contributed by atoms with van der Waals surface area (Å²) in [6, 6.07) is 5.61. The smallest absolute Gasteiger partial charge is 0.248 e. The van der Waals surface area contributed by atoms with Crippen molar-refractivity contribution in [2.45, 2.75) is 19.8 Å². The average molecular weight is 314 g/mol. The maximum atomic E-state index is 11.9. The highest BCUT2D eigenvalue weighted by Crippen LogP contribution is 2.20. The van der Waals surface area contributed by atoms with Crippen molar-refractivity contribution in [3.05, 3.63) is 46.6 Å². The highest BCUT2D eigenvalue weighted by atomic mass is 32.1. The van der Waals surface area contributed by atoms with Gasteiger partial charge in [0.1, 0.15) is 5.82 Å². The molecule has 3 rings (SSSR count). The molecule has 1 amide bonds. The number of aromatic nitrogens is 3. The molecule has 0 aliphatic carbocycles. The molecule has 22 heavy (non-hydrogen) atoms. The Balaban J connectivity index is 1.55. The summed E-state index contributed by atoms with van der Waals surface area (Å²) in [4.78, 5) is 16.0. The zero-order chi connectivity index (χ0) is 15.4. The van der Waals surface area contributed by atoms with E-state index in [4.69, 9.17) is 4.42 Å². The van der Waals surface area contributed by atoms with Crippen LogP contribution in [0.3, 0.4) is 0 Å². The minimum atomic E-state index is -0.131. The minimum Gasteiger partial charge on any atom is -0.421 e. The van der Waals surface area contributed by atoms with Crippen molar-refractivity contribution in [3.63, 3.8) is 0 Å². The van der Waals surface area contributed by atoms with Gasteiger partial charge in [-0.05, 0) is 36.1 Å². The molecule has 0 aliphatic heterocycles. The van der Waals surface area contributed by atoms with Gasteiger partial charge in [0.05, 0.1) is 0 Å². The number of pyridine rings is 1. The number of rotatable bonds is 5. The molecule has 0 aromatic carbocycles. The number of amides is 1. The number of carbonyl (C=O) groups excluding carboxylic acids is 1. The lowest BCUT2D eigenvalue weighted by atomic mass is 10.2. The number of thiophene rings is 1. The zero-order valence-electron chi connectivity index (χ0n) is 11.9. The lowest BCUT2D eigenvalue weighted by Crippen LogP contribution is -2.13. The Bertz CT molecular complexity index is 767. The fourth-order valence-corrected chi connectivity index (χ4v) is 2.52. The van der Waals surface area contributed by atoms with Crippen LogP contribution in [-0.4, -0.2) is 21.1 Å². The maximum absolute atomic E-state index is 11.9. The summed E-state index contributed by atoms with van der Waals surface area (Å²) in [6.45, 7) is 1.95. The van der Waals surface area contributed by atoms with Crippen molar-refractivity contribution >= 4 is 23.1 Å². The molecule has 0 fully saturated rings. The lowest BCUT2D eigenvalue weighted by molar-refractivity contribution is -0.116. The van der Waals surface area contributed by atoms with Crippen LogP contribution in [0, 0.1) is 6.92 Å². The number of nitrogens with zero attached hydrogens (tertiary/aromatic N) is 3. The summed E-state index contributed by atoms with van der Waals surface area (Å²) >= 11 is 1.57. The van der Waals surface area contributed by atoms with E-state index >= 15 is 0 Å². The van der Waals surface area contributed by atoms with Crippen LogP contribution in [0.5, 0.6) is 0 Å². The summed E-state index contributed by atoms with van der Waals surface area (Å²) in [5.74, 6) is 1.36. The normalized spacial score (nSPS) is 10.6. The Labute approximate surface area is 131 Å². The summed E-state index contributed by atoms with van der Waals surface area (Å²) in [5.41, 5.74) is 1.94.